The Balaban J connectivity index is 2.41. The van der Waals surface area contributed by atoms with Gasteiger partial charge < -0.3 is 9.30 Å². The van der Waals surface area contributed by atoms with Gasteiger partial charge in [-0.3, -0.25) is 14.6 Å². The van der Waals surface area contributed by atoms with Crippen LogP contribution in [0.2, 0.25) is 0 Å². The molecule has 6 heteroatoms. The highest BCUT2D eigenvalue weighted by Crippen LogP contribution is 1.90. The van der Waals surface area contributed by atoms with Crippen molar-refractivity contribution in [3.63, 3.8) is 0 Å². The van der Waals surface area contributed by atoms with Crippen LogP contribution in [0.4, 0.5) is 0 Å². The molecule has 0 saturated heterocycles. The standard InChI is InChI=1S/C10H14N2O4/c1-2-9(14)16-7-3-5-12-6-4-8(13)11-10(12)15/h4,6H,2-3,5,7H2,1H3,(H,11,13,15). The van der Waals surface area contributed by atoms with Crippen LogP contribution in [0.25, 0.3) is 0 Å². The number of aryl methyl sites for hydroxylation is 1. The molecule has 0 amide bonds. The maximum Gasteiger partial charge on any atom is 0.328 e. The lowest BCUT2D eigenvalue weighted by molar-refractivity contribution is -0.143. The Labute approximate surface area is 91.9 Å². The second-order valence-electron chi connectivity index (χ2n) is 3.23. The molecule has 88 valence electrons. The second-order valence-corrected chi connectivity index (χ2v) is 3.23. The fourth-order valence-corrected chi connectivity index (χ4v) is 1.14. The van der Waals surface area contributed by atoms with Crippen molar-refractivity contribution in [1.82, 2.24) is 9.55 Å². The minimum Gasteiger partial charge on any atom is -0.466 e. The molecule has 0 aliphatic rings. The minimum absolute atomic E-state index is 0.256. The Kier molecular flexibility index (Phi) is 4.50. The van der Waals surface area contributed by atoms with Crippen molar-refractivity contribution < 1.29 is 9.53 Å². The largest absolute Gasteiger partial charge is 0.466 e. The average Bonchev–Trinajstić information content (AvgIpc) is 2.26. The lowest BCUT2D eigenvalue weighted by Crippen LogP contribution is -2.28. The molecule has 1 heterocycles. The average molecular weight is 226 g/mol. The van der Waals surface area contributed by atoms with Gasteiger partial charge in [0.2, 0.25) is 0 Å². The lowest BCUT2D eigenvalue weighted by atomic mass is 10.4. The number of hydrogen-bond donors (Lipinski definition) is 1. The zero-order chi connectivity index (χ0) is 12.0. The summed E-state index contributed by atoms with van der Waals surface area (Å²) in [7, 11) is 0. The summed E-state index contributed by atoms with van der Waals surface area (Å²) in [6.07, 6.45) is 2.30. The van der Waals surface area contributed by atoms with Crippen LogP contribution in [0, 0.1) is 0 Å². The van der Waals surface area contributed by atoms with E-state index in [9.17, 15) is 14.4 Å². The van der Waals surface area contributed by atoms with Crippen LogP contribution < -0.4 is 11.2 Å². The zero-order valence-corrected chi connectivity index (χ0v) is 9.06. The molecule has 0 fully saturated rings. The third-order valence-electron chi connectivity index (χ3n) is 1.99. The molecule has 16 heavy (non-hydrogen) atoms. The highest BCUT2D eigenvalue weighted by Gasteiger charge is 1.99. The Hall–Kier alpha value is -1.85. The molecule has 1 aromatic heterocycles. The van der Waals surface area contributed by atoms with E-state index in [4.69, 9.17) is 4.74 Å². The van der Waals surface area contributed by atoms with E-state index in [-0.39, 0.29) is 12.6 Å². The van der Waals surface area contributed by atoms with Gasteiger partial charge in [0.25, 0.3) is 5.56 Å². The molecule has 0 aliphatic carbocycles. The van der Waals surface area contributed by atoms with E-state index in [1.807, 2.05) is 0 Å². The molecule has 0 unspecified atom stereocenters. The van der Waals surface area contributed by atoms with Gasteiger partial charge in [0, 0.05) is 25.2 Å². The lowest BCUT2D eigenvalue weighted by Gasteiger charge is -2.05. The number of nitrogens with zero attached hydrogens (tertiary/aromatic N) is 1. The molecular weight excluding hydrogens is 212 g/mol. The Morgan fingerprint density at radius 2 is 2.25 bits per heavy atom. The van der Waals surface area contributed by atoms with Gasteiger partial charge >= 0.3 is 11.7 Å². The van der Waals surface area contributed by atoms with Gasteiger partial charge in [0.15, 0.2) is 0 Å². The first-order valence-electron chi connectivity index (χ1n) is 5.09. The number of H-pyrrole nitrogens is 1. The number of nitrogens with one attached hydrogen (secondary N) is 1. The van der Waals surface area contributed by atoms with E-state index in [1.54, 1.807) is 6.92 Å². The Morgan fingerprint density at radius 1 is 1.50 bits per heavy atom. The molecule has 0 saturated carbocycles. The van der Waals surface area contributed by atoms with Crippen molar-refractivity contribution in [1.29, 1.82) is 0 Å². The normalized spacial score (nSPS) is 10.1. The van der Waals surface area contributed by atoms with Crippen molar-refractivity contribution in [3.8, 4) is 0 Å². The minimum atomic E-state index is -0.450. The predicted molar refractivity (Wildman–Crippen MR) is 57.2 cm³/mol. The third-order valence-corrected chi connectivity index (χ3v) is 1.99. The Morgan fingerprint density at radius 3 is 2.88 bits per heavy atom. The summed E-state index contributed by atoms with van der Waals surface area (Å²) in [6.45, 7) is 2.40. The molecular formula is C10H14N2O4. The van der Waals surface area contributed by atoms with Gasteiger partial charge in [0.1, 0.15) is 0 Å². The summed E-state index contributed by atoms with van der Waals surface area (Å²) in [4.78, 5) is 34.9. The van der Waals surface area contributed by atoms with Crippen LogP contribution in [-0.2, 0) is 16.1 Å². The van der Waals surface area contributed by atoms with Crippen LogP contribution in [0.5, 0.6) is 0 Å². The summed E-state index contributed by atoms with van der Waals surface area (Å²) in [5.41, 5.74) is -0.868. The molecule has 0 aromatic carbocycles. The smallest absolute Gasteiger partial charge is 0.328 e. The van der Waals surface area contributed by atoms with Crippen molar-refractivity contribution >= 4 is 5.97 Å². The predicted octanol–water partition coefficient (Wildman–Crippen LogP) is -0.120. The van der Waals surface area contributed by atoms with E-state index < -0.39 is 11.2 Å². The monoisotopic (exact) mass is 226 g/mol. The second kappa shape index (κ2) is 5.89. The maximum atomic E-state index is 11.2. The van der Waals surface area contributed by atoms with Crippen molar-refractivity contribution in [2.75, 3.05) is 6.61 Å². The van der Waals surface area contributed by atoms with E-state index >= 15 is 0 Å². The van der Waals surface area contributed by atoms with Gasteiger partial charge in [-0.2, -0.15) is 0 Å². The van der Waals surface area contributed by atoms with Crippen molar-refractivity contribution in [2.24, 2.45) is 0 Å². The van der Waals surface area contributed by atoms with Crippen LogP contribution >= 0.6 is 0 Å². The zero-order valence-electron chi connectivity index (χ0n) is 9.06. The number of aromatic amines is 1. The molecule has 1 N–H and O–H groups in total. The van der Waals surface area contributed by atoms with E-state index in [1.165, 1.54) is 16.8 Å². The van der Waals surface area contributed by atoms with Gasteiger partial charge in [-0.15, -0.1) is 0 Å². The summed E-state index contributed by atoms with van der Waals surface area (Å²) in [5.74, 6) is -0.256. The van der Waals surface area contributed by atoms with E-state index in [2.05, 4.69) is 4.98 Å². The highest BCUT2D eigenvalue weighted by molar-refractivity contribution is 5.68. The number of esters is 1. The molecule has 0 bridgehead atoms. The molecule has 1 aromatic rings. The molecule has 1 rings (SSSR count). The third kappa shape index (κ3) is 3.72. The summed E-state index contributed by atoms with van der Waals surface area (Å²) in [6, 6.07) is 1.28. The molecule has 0 aliphatic heterocycles. The summed E-state index contributed by atoms with van der Waals surface area (Å²) >= 11 is 0. The van der Waals surface area contributed by atoms with Gasteiger partial charge in [-0.1, -0.05) is 6.92 Å². The van der Waals surface area contributed by atoms with Gasteiger partial charge in [-0.05, 0) is 6.42 Å². The van der Waals surface area contributed by atoms with E-state index in [0.29, 0.717) is 19.4 Å². The number of carbonyl (C=O) groups is 1. The number of carbonyl (C=O) groups excluding carboxylic acids is 1. The quantitative estimate of drug-likeness (QED) is 0.560. The van der Waals surface area contributed by atoms with Gasteiger partial charge in [-0.25, -0.2) is 4.79 Å². The van der Waals surface area contributed by atoms with Crippen LogP contribution in [0.1, 0.15) is 19.8 Å². The number of ether oxygens (including phenoxy) is 1. The molecule has 0 radical (unpaired) electrons. The van der Waals surface area contributed by atoms with Crippen molar-refractivity contribution in [2.45, 2.75) is 26.3 Å². The number of aromatic nitrogens is 2. The SMILES string of the molecule is CCC(=O)OCCCn1ccc(=O)[nH]c1=O. The molecule has 0 spiro atoms. The molecule has 0 atom stereocenters. The first kappa shape index (κ1) is 12.2. The van der Waals surface area contributed by atoms with Crippen LogP contribution in [-0.4, -0.2) is 22.1 Å². The first-order chi connectivity index (χ1) is 7.63. The van der Waals surface area contributed by atoms with Gasteiger partial charge in [0.05, 0.1) is 6.61 Å². The molecule has 6 nitrogen and oxygen atoms in total. The van der Waals surface area contributed by atoms with Crippen LogP contribution in [0.15, 0.2) is 21.9 Å². The van der Waals surface area contributed by atoms with Crippen LogP contribution in [0.3, 0.4) is 0 Å². The number of rotatable bonds is 5. The fourth-order valence-electron chi connectivity index (χ4n) is 1.14. The summed E-state index contributed by atoms with van der Waals surface area (Å²) in [5, 5.41) is 0. The number of hydrogen-bond acceptors (Lipinski definition) is 4. The topological polar surface area (TPSA) is 81.2 Å². The summed E-state index contributed by atoms with van der Waals surface area (Å²) < 4.78 is 6.21. The highest BCUT2D eigenvalue weighted by atomic mass is 16.5. The fraction of sp³-hybridized carbons (Fsp3) is 0.500. The maximum absolute atomic E-state index is 11.2. The Bertz CT molecular complexity index is 460. The van der Waals surface area contributed by atoms with Crippen molar-refractivity contribution in [3.05, 3.63) is 33.1 Å². The van der Waals surface area contributed by atoms with E-state index in [0.717, 1.165) is 0 Å². The first-order valence-corrected chi connectivity index (χ1v) is 5.09.